The summed E-state index contributed by atoms with van der Waals surface area (Å²) in [6.45, 7) is 0. The number of benzene rings is 5. The van der Waals surface area contributed by atoms with Gasteiger partial charge in [0.2, 0.25) is 0 Å². The van der Waals surface area contributed by atoms with Gasteiger partial charge in [0.05, 0.1) is 11.4 Å². The highest BCUT2D eigenvalue weighted by Crippen LogP contribution is 2.34. The fourth-order valence-corrected chi connectivity index (χ4v) is 3.73. The van der Waals surface area contributed by atoms with Crippen molar-refractivity contribution in [3.8, 4) is 45.3 Å². The molecule has 0 unspecified atom stereocenters. The van der Waals surface area contributed by atoms with Gasteiger partial charge in [0.25, 0.3) is 0 Å². The van der Waals surface area contributed by atoms with Gasteiger partial charge in [0.1, 0.15) is 23.0 Å². The molecule has 0 aliphatic rings. The maximum Gasteiger partial charge on any atom is 0.150 e. The molecule has 0 saturated heterocycles. The average molecular weight is 445 g/mol. The van der Waals surface area contributed by atoms with E-state index >= 15 is 0 Å². The molecule has 4 nitrogen and oxygen atoms in total. The van der Waals surface area contributed by atoms with Gasteiger partial charge in [0, 0.05) is 0 Å². The fraction of sp³-hybridized carbons (Fsp3) is 0. The molecule has 4 N–H and O–H groups in total. The third kappa shape index (κ3) is 4.71. The van der Waals surface area contributed by atoms with E-state index in [2.05, 4.69) is 24.3 Å². The molecular weight excluding hydrogens is 420 g/mol. The summed E-state index contributed by atoms with van der Waals surface area (Å²) in [5.41, 5.74) is 17.9. The van der Waals surface area contributed by atoms with E-state index in [1.807, 2.05) is 97.1 Å². The van der Waals surface area contributed by atoms with E-state index in [-0.39, 0.29) is 0 Å². The largest absolute Gasteiger partial charge is 0.455 e. The van der Waals surface area contributed by atoms with Gasteiger partial charge in [-0.15, -0.1) is 0 Å². The van der Waals surface area contributed by atoms with Crippen molar-refractivity contribution in [1.82, 2.24) is 0 Å². The minimum Gasteiger partial charge on any atom is -0.455 e. The summed E-state index contributed by atoms with van der Waals surface area (Å²) >= 11 is 0. The van der Waals surface area contributed by atoms with E-state index < -0.39 is 0 Å². The van der Waals surface area contributed by atoms with Crippen LogP contribution in [0.4, 0.5) is 11.4 Å². The summed E-state index contributed by atoms with van der Waals surface area (Å²) in [6.07, 6.45) is 0. The van der Waals surface area contributed by atoms with Crippen molar-refractivity contribution in [2.75, 3.05) is 11.5 Å². The van der Waals surface area contributed by atoms with Crippen molar-refractivity contribution < 1.29 is 9.47 Å². The first-order chi connectivity index (χ1) is 16.7. The lowest BCUT2D eigenvalue weighted by Crippen LogP contribution is -1.93. The Morgan fingerprint density at radius 2 is 0.735 bits per heavy atom. The number of nitrogen functional groups attached to an aromatic ring is 2. The normalized spacial score (nSPS) is 10.6. The number of para-hydroxylation sites is 2. The van der Waals surface area contributed by atoms with E-state index in [0.717, 1.165) is 33.8 Å². The zero-order valence-electron chi connectivity index (χ0n) is 18.5. The van der Waals surface area contributed by atoms with Crippen LogP contribution in [0.25, 0.3) is 22.3 Å². The molecule has 0 saturated carbocycles. The maximum atomic E-state index is 6.26. The molecule has 0 spiro atoms. The van der Waals surface area contributed by atoms with E-state index in [1.165, 1.54) is 0 Å². The van der Waals surface area contributed by atoms with E-state index in [9.17, 15) is 0 Å². The first kappa shape index (κ1) is 21.2. The third-order valence-electron chi connectivity index (χ3n) is 5.51. The lowest BCUT2D eigenvalue weighted by Gasteiger charge is -2.12. The number of nitrogens with two attached hydrogens (primary N) is 2. The van der Waals surface area contributed by atoms with Crippen LogP contribution in [0.5, 0.6) is 23.0 Å². The lowest BCUT2D eigenvalue weighted by molar-refractivity contribution is 0.485. The van der Waals surface area contributed by atoms with Gasteiger partial charge in [-0.2, -0.15) is 0 Å². The van der Waals surface area contributed by atoms with Gasteiger partial charge in [-0.3, -0.25) is 0 Å². The van der Waals surface area contributed by atoms with Gasteiger partial charge in [0.15, 0.2) is 0 Å². The molecule has 0 aromatic heterocycles. The summed E-state index contributed by atoms with van der Waals surface area (Å²) < 4.78 is 11.8. The second-order valence-electron chi connectivity index (χ2n) is 7.91. The molecule has 0 radical (unpaired) electrons. The summed E-state index contributed by atoms with van der Waals surface area (Å²) in [7, 11) is 0. The molecule has 0 aliphatic heterocycles. The molecule has 5 aromatic rings. The summed E-state index contributed by atoms with van der Waals surface area (Å²) in [5.74, 6) is 2.79. The van der Waals surface area contributed by atoms with E-state index in [0.29, 0.717) is 22.9 Å². The highest BCUT2D eigenvalue weighted by Gasteiger charge is 2.08. The van der Waals surface area contributed by atoms with Crippen LogP contribution >= 0.6 is 0 Å². The van der Waals surface area contributed by atoms with Crippen molar-refractivity contribution in [2.45, 2.75) is 0 Å². The van der Waals surface area contributed by atoms with Gasteiger partial charge < -0.3 is 20.9 Å². The van der Waals surface area contributed by atoms with Crippen LogP contribution in [-0.2, 0) is 0 Å². The van der Waals surface area contributed by atoms with Gasteiger partial charge in [-0.1, -0.05) is 72.8 Å². The Bertz CT molecular complexity index is 1290. The molecule has 0 aliphatic carbocycles. The highest BCUT2D eigenvalue weighted by molar-refractivity contribution is 5.76. The first-order valence-electron chi connectivity index (χ1n) is 11.0. The van der Waals surface area contributed by atoms with Crippen LogP contribution < -0.4 is 20.9 Å². The molecule has 5 rings (SSSR count). The van der Waals surface area contributed by atoms with Crippen LogP contribution in [0.3, 0.4) is 0 Å². The number of anilines is 2. The van der Waals surface area contributed by atoms with Gasteiger partial charge in [-0.25, -0.2) is 0 Å². The topological polar surface area (TPSA) is 70.5 Å². The SMILES string of the molecule is Nc1cc(-c2ccc(-c3ccc(Oc4ccccc4)c(N)c3)cc2)ccc1Oc1ccccc1. The Morgan fingerprint density at radius 3 is 1.09 bits per heavy atom. The van der Waals surface area contributed by atoms with Crippen molar-refractivity contribution in [2.24, 2.45) is 0 Å². The maximum absolute atomic E-state index is 6.26. The number of hydrogen-bond donors (Lipinski definition) is 2. The van der Waals surface area contributed by atoms with Crippen LogP contribution in [0.1, 0.15) is 0 Å². The molecule has 0 amide bonds. The number of hydrogen-bond acceptors (Lipinski definition) is 4. The Balaban J connectivity index is 1.32. The van der Waals surface area contributed by atoms with Crippen molar-refractivity contribution in [1.29, 1.82) is 0 Å². The van der Waals surface area contributed by atoms with Crippen LogP contribution in [0.2, 0.25) is 0 Å². The second kappa shape index (κ2) is 9.43. The molecule has 0 fully saturated rings. The van der Waals surface area contributed by atoms with E-state index in [1.54, 1.807) is 0 Å². The standard InChI is InChI=1S/C30H24N2O2/c31-27-19-23(15-17-29(27)33-25-7-3-1-4-8-25)21-11-13-22(14-12-21)24-16-18-30(28(32)20-24)34-26-9-5-2-6-10-26/h1-20H,31-32H2. The predicted molar refractivity (Wildman–Crippen MR) is 139 cm³/mol. The third-order valence-corrected chi connectivity index (χ3v) is 5.51. The molecule has 0 bridgehead atoms. The molecule has 5 aromatic carbocycles. The zero-order chi connectivity index (χ0) is 23.3. The smallest absolute Gasteiger partial charge is 0.150 e. The quantitative estimate of drug-likeness (QED) is 0.262. The van der Waals surface area contributed by atoms with Crippen LogP contribution in [0, 0.1) is 0 Å². The lowest BCUT2D eigenvalue weighted by atomic mass is 9.99. The summed E-state index contributed by atoms with van der Waals surface area (Å²) in [6, 6.07) is 39.2. The van der Waals surface area contributed by atoms with Crippen LogP contribution in [0.15, 0.2) is 121 Å². The van der Waals surface area contributed by atoms with Gasteiger partial charge in [-0.05, 0) is 70.8 Å². The van der Waals surface area contributed by atoms with Crippen molar-refractivity contribution in [3.05, 3.63) is 121 Å². The monoisotopic (exact) mass is 444 g/mol. The number of ether oxygens (including phenoxy) is 2. The van der Waals surface area contributed by atoms with Crippen LogP contribution in [-0.4, -0.2) is 0 Å². The predicted octanol–water partition coefficient (Wildman–Crippen LogP) is 7.77. The summed E-state index contributed by atoms with van der Waals surface area (Å²) in [5, 5.41) is 0. The van der Waals surface area contributed by atoms with Gasteiger partial charge >= 0.3 is 0 Å². The molecule has 0 heterocycles. The minimum absolute atomic E-state index is 0.590. The molecule has 4 heteroatoms. The molecular formula is C30H24N2O2. The average Bonchev–Trinajstić information content (AvgIpc) is 2.88. The highest BCUT2D eigenvalue weighted by atomic mass is 16.5. The molecule has 166 valence electrons. The molecule has 34 heavy (non-hydrogen) atoms. The second-order valence-corrected chi connectivity index (χ2v) is 7.91. The Labute approximate surface area is 199 Å². The molecule has 0 atom stereocenters. The Hall–Kier alpha value is -4.70. The zero-order valence-corrected chi connectivity index (χ0v) is 18.5. The Morgan fingerprint density at radius 1 is 0.382 bits per heavy atom. The Kier molecular flexibility index (Phi) is 5.87. The minimum atomic E-state index is 0.590. The van der Waals surface area contributed by atoms with E-state index in [4.69, 9.17) is 20.9 Å². The van der Waals surface area contributed by atoms with Crippen molar-refractivity contribution in [3.63, 3.8) is 0 Å². The summed E-state index contributed by atoms with van der Waals surface area (Å²) in [4.78, 5) is 0. The fourth-order valence-electron chi connectivity index (χ4n) is 3.73. The van der Waals surface area contributed by atoms with Crippen molar-refractivity contribution >= 4 is 11.4 Å². The number of rotatable bonds is 6. The first-order valence-corrected chi connectivity index (χ1v) is 11.0.